The monoisotopic (exact) mass is 223 g/mol. The Kier molecular flexibility index (Phi) is 52.5. The zero-order chi connectivity index (χ0) is 5.54. The van der Waals surface area contributed by atoms with Crippen LogP contribution in [0, 0.1) is 26.2 Å². The van der Waals surface area contributed by atoms with Crippen LogP contribution in [0.1, 0.15) is 0 Å². The van der Waals surface area contributed by atoms with E-state index in [0.717, 1.165) is 0 Å². The molecule has 1 aliphatic rings. The van der Waals surface area contributed by atoms with Gasteiger partial charge in [0.05, 0.1) is 0 Å². The first-order chi connectivity index (χ1) is 3.50. The summed E-state index contributed by atoms with van der Waals surface area (Å²) in [4.78, 5) is 7.25. The molecule has 0 amide bonds. The average molecular weight is 221 g/mol. The third-order valence-electron chi connectivity index (χ3n) is 0.556. The summed E-state index contributed by atoms with van der Waals surface area (Å²) >= 11 is 0. The summed E-state index contributed by atoms with van der Waals surface area (Å²) in [5.41, 5.74) is 5.75. The number of hydrogen-bond acceptors (Lipinski definition) is 1. The first-order valence-corrected chi connectivity index (χ1v) is 1.85. The fraction of sp³-hybridized carbons (Fsp3) is 0. The van der Waals surface area contributed by atoms with Gasteiger partial charge in [-0.15, -0.1) is 0 Å². The first-order valence-electron chi connectivity index (χ1n) is 1.85. The van der Waals surface area contributed by atoms with E-state index < -0.39 is 0 Å². The maximum absolute atomic E-state index is 7.25. The molecule has 10 heavy (non-hydrogen) atoms. The Hall–Kier alpha value is -0.232. The molecule has 56 valence electrons. The molecule has 3 heteroatoms. The zero-order valence-electron chi connectivity index (χ0n) is 6.15. The van der Waals surface area contributed by atoms with Crippen LogP contribution >= 0.6 is 0 Å². The van der Waals surface area contributed by atoms with Gasteiger partial charge in [0.1, 0.15) is 0 Å². The Bertz CT molecular complexity index is 81.6. The minimum Gasteiger partial charge on any atom is -0.577 e. The summed E-state index contributed by atoms with van der Waals surface area (Å²) in [5, 5.41) is 0. The van der Waals surface area contributed by atoms with E-state index in [1.54, 1.807) is 0 Å². The number of hydrogen-bond donors (Lipinski definition) is 0. The van der Waals surface area contributed by atoms with Crippen molar-refractivity contribution in [1.29, 1.82) is 0 Å². The summed E-state index contributed by atoms with van der Waals surface area (Å²) in [6.07, 6.45) is 10.0. The minimum atomic E-state index is 0. The number of allylic oxidation sites excluding steroid dienone is 4. The van der Waals surface area contributed by atoms with Crippen molar-refractivity contribution in [3.05, 3.63) is 56.1 Å². The van der Waals surface area contributed by atoms with Gasteiger partial charge in [-0.25, -0.2) is 0 Å². The number of rotatable bonds is 0. The Labute approximate surface area is 77.4 Å². The van der Waals surface area contributed by atoms with Crippen LogP contribution in [0.3, 0.4) is 0 Å². The second-order valence-electron chi connectivity index (χ2n) is 0.962. The molecule has 0 spiro atoms. The van der Waals surface area contributed by atoms with E-state index in [1.807, 2.05) is 30.7 Å². The van der Waals surface area contributed by atoms with E-state index in [0.29, 0.717) is 0 Å². The molecular weight excluding hydrogens is 210 g/mol. The third-order valence-corrected chi connectivity index (χ3v) is 0.556. The van der Waals surface area contributed by atoms with Gasteiger partial charge in [0, 0.05) is 6.42 Å². The second kappa shape index (κ2) is 23.3. The molecule has 0 N–H and O–H groups in total. The molecule has 0 unspecified atom stereocenters. The zero-order valence-corrected chi connectivity index (χ0v) is 8.16. The fourth-order valence-electron chi connectivity index (χ4n) is 0.321. The Morgan fingerprint density at radius 1 is 0.800 bits per heavy atom. The van der Waals surface area contributed by atoms with E-state index in [4.69, 9.17) is 10.5 Å². The molecule has 2 radical (unpaired) electrons. The Morgan fingerprint density at radius 3 is 1.20 bits per heavy atom. The van der Waals surface area contributed by atoms with E-state index in [-0.39, 0.29) is 35.9 Å². The van der Waals surface area contributed by atoms with Gasteiger partial charge in [-0.1, -0.05) is 24.3 Å². The van der Waals surface area contributed by atoms with Crippen LogP contribution in [-0.2, 0) is 21.1 Å². The summed E-state index contributed by atoms with van der Waals surface area (Å²) in [6.45, 7) is 0. The number of nitrogens with zero attached hydrogens (tertiary/aromatic N) is 1. The molecular formula is C7H11MoNO. The van der Waals surface area contributed by atoms with E-state index in [1.165, 1.54) is 0 Å². The van der Waals surface area contributed by atoms with Crippen LogP contribution in [0.25, 0.3) is 5.59 Å². The Morgan fingerprint density at radius 2 is 1.10 bits per heavy atom. The maximum Gasteiger partial charge on any atom is 3.00 e. The van der Waals surface area contributed by atoms with Crippen molar-refractivity contribution >= 4 is 0 Å². The molecule has 0 bridgehead atoms. The number of nitroso groups, excluding NO2 is 1. The van der Waals surface area contributed by atoms with Gasteiger partial charge < -0.3 is 25.4 Å². The van der Waals surface area contributed by atoms with Gasteiger partial charge in [0.15, 0.2) is 0 Å². The molecule has 0 aliphatic heterocycles. The topological polar surface area (TPSA) is 39.4 Å². The summed E-state index contributed by atoms with van der Waals surface area (Å²) in [5.74, 6) is 0. The van der Waals surface area contributed by atoms with Crippen LogP contribution in [0.5, 0.6) is 0 Å². The molecule has 0 aromatic carbocycles. The summed E-state index contributed by atoms with van der Waals surface area (Å²) in [7, 11) is 0. The van der Waals surface area contributed by atoms with Crippen molar-refractivity contribution in [1.82, 2.24) is 0 Å². The second-order valence-corrected chi connectivity index (χ2v) is 0.962. The molecule has 2 nitrogen and oxygen atoms in total. The molecule has 0 fully saturated rings. The van der Waals surface area contributed by atoms with Gasteiger partial charge in [0.2, 0.25) is 0 Å². The van der Waals surface area contributed by atoms with E-state index in [2.05, 4.69) is 0 Å². The molecule has 1 rings (SSSR count). The molecule has 0 saturated carbocycles. The Balaban J connectivity index is -0.0000000337. The van der Waals surface area contributed by atoms with Gasteiger partial charge in [-0.2, -0.15) is 0 Å². The van der Waals surface area contributed by atoms with E-state index in [9.17, 15) is 0 Å². The smallest absolute Gasteiger partial charge is 0.577 e. The molecule has 1 aliphatic carbocycles. The molecule has 0 aromatic rings. The van der Waals surface area contributed by atoms with Gasteiger partial charge in [-0.05, 0) is 0 Å². The fourth-order valence-corrected chi connectivity index (χ4v) is 0.321. The molecule has 0 atom stereocenters. The van der Waals surface area contributed by atoms with Crippen LogP contribution in [-0.4, -0.2) is 0 Å². The molecule has 0 aromatic heterocycles. The minimum absolute atomic E-state index is 0. The average Bonchev–Trinajstić information content (AvgIpc) is 2.23. The van der Waals surface area contributed by atoms with Gasteiger partial charge in [-0.3, -0.25) is 0 Å². The van der Waals surface area contributed by atoms with Crippen molar-refractivity contribution in [3.63, 3.8) is 0 Å². The quantitative estimate of drug-likeness (QED) is 0.457. The third kappa shape index (κ3) is 15.7. The maximum atomic E-state index is 7.25. The largest absolute Gasteiger partial charge is 3.00 e. The van der Waals surface area contributed by atoms with Crippen molar-refractivity contribution in [3.8, 4) is 0 Å². The molecule has 0 heterocycles. The van der Waals surface area contributed by atoms with Crippen molar-refractivity contribution < 1.29 is 21.1 Å². The van der Waals surface area contributed by atoms with Crippen LogP contribution in [0.2, 0.25) is 0 Å². The van der Waals surface area contributed by atoms with Gasteiger partial charge >= 0.3 is 21.1 Å². The standard InChI is InChI=1S/C5H5.2CH3.Mo.NO/c1-2-4-5-3-1;;;;1-2/h1-5H;2*1H3;;/q;2*-1;+3;-1. The van der Waals surface area contributed by atoms with Crippen LogP contribution in [0.4, 0.5) is 0 Å². The first kappa shape index (κ1) is 22.6. The summed E-state index contributed by atoms with van der Waals surface area (Å²) < 4.78 is 0. The normalized spacial score (nSPS) is 9.20. The van der Waals surface area contributed by atoms with Crippen LogP contribution < -0.4 is 0 Å². The summed E-state index contributed by atoms with van der Waals surface area (Å²) in [6, 6.07) is 0. The predicted octanol–water partition coefficient (Wildman–Crippen LogP) is 2.54. The van der Waals surface area contributed by atoms with Crippen molar-refractivity contribution in [2.45, 2.75) is 0 Å². The SMILES string of the molecule is [CH3-].[CH3-].[CH]1C=CC=C1.[Mo+3].[N-]=O. The molecule has 0 saturated heterocycles. The van der Waals surface area contributed by atoms with Crippen LogP contribution in [0.15, 0.2) is 24.3 Å². The van der Waals surface area contributed by atoms with E-state index >= 15 is 0 Å². The van der Waals surface area contributed by atoms with Gasteiger partial charge in [0.25, 0.3) is 0 Å². The van der Waals surface area contributed by atoms with Crippen molar-refractivity contribution in [2.24, 2.45) is 0 Å². The predicted molar refractivity (Wildman–Crippen MR) is 42.1 cm³/mol. The van der Waals surface area contributed by atoms with Crippen molar-refractivity contribution in [2.75, 3.05) is 0 Å².